The van der Waals surface area contributed by atoms with E-state index >= 15 is 0 Å². The molecule has 2 heterocycles. The zero-order valence-electron chi connectivity index (χ0n) is 16.7. The lowest BCUT2D eigenvalue weighted by atomic mass is 10.1. The largest absolute Gasteiger partial charge is 0.416 e. The van der Waals surface area contributed by atoms with E-state index in [0.29, 0.717) is 21.4 Å². The topological polar surface area (TPSA) is 101 Å². The number of alkyl halides is 3. The van der Waals surface area contributed by atoms with Crippen LogP contribution in [0.25, 0.3) is 11.2 Å². The van der Waals surface area contributed by atoms with Crippen molar-refractivity contribution in [2.24, 2.45) is 0 Å². The first-order chi connectivity index (χ1) is 15.4. The number of aromatic nitrogens is 4. The van der Waals surface area contributed by atoms with Crippen molar-refractivity contribution >= 4 is 55.7 Å². The second kappa shape index (κ2) is 8.47. The summed E-state index contributed by atoms with van der Waals surface area (Å²) in [4.78, 5) is 15.4. The minimum absolute atomic E-state index is 0.0317. The zero-order valence-corrected chi connectivity index (χ0v) is 19.0. The van der Waals surface area contributed by atoms with E-state index in [9.17, 15) is 21.6 Å². The van der Waals surface area contributed by atoms with Gasteiger partial charge in [-0.25, -0.2) is 13.4 Å². The first-order valence-electron chi connectivity index (χ1n) is 9.25. The van der Waals surface area contributed by atoms with Crippen molar-refractivity contribution in [3.63, 3.8) is 0 Å². The number of nitrogens with one attached hydrogen (secondary N) is 2. The molecule has 0 spiro atoms. The summed E-state index contributed by atoms with van der Waals surface area (Å²) in [6.45, 7) is 0. The third-order valence-corrected chi connectivity index (χ3v) is 6.15. The fraction of sp³-hybridized carbons (Fsp3) is 0.150. The molecule has 2 N–H and O–H groups in total. The van der Waals surface area contributed by atoms with Gasteiger partial charge in [0, 0.05) is 28.4 Å². The number of fused-ring (bicyclic) bond motifs is 1. The summed E-state index contributed by atoms with van der Waals surface area (Å²) < 4.78 is 62.7. The molecule has 0 atom stereocenters. The predicted molar refractivity (Wildman–Crippen MR) is 119 cm³/mol. The molecule has 0 aliphatic carbocycles. The van der Waals surface area contributed by atoms with Crippen molar-refractivity contribution in [1.82, 2.24) is 19.9 Å². The number of nitrogens with zero attached hydrogens (tertiary/aromatic N) is 3. The highest BCUT2D eigenvalue weighted by Gasteiger charge is 2.30. The van der Waals surface area contributed by atoms with E-state index in [2.05, 4.69) is 25.3 Å². The van der Waals surface area contributed by atoms with Crippen LogP contribution in [0.1, 0.15) is 17.0 Å². The van der Waals surface area contributed by atoms with Crippen LogP contribution in [0.2, 0.25) is 10.0 Å². The van der Waals surface area contributed by atoms with E-state index in [1.807, 2.05) is 0 Å². The van der Waals surface area contributed by atoms with E-state index < -0.39 is 26.7 Å². The molecular weight excluding hydrogens is 502 g/mol. The molecule has 7 nitrogen and oxygen atoms in total. The van der Waals surface area contributed by atoms with Gasteiger partial charge in [0.1, 0.15) is 11.3 Å². The Labute approximate surface area is 195 Å². The lowest BCUT2D eigenvalue weighted by Gasteiger charge is -2.10. The van der Waals surface area contributed by atoms with E-state index in [-0.39, 0.29) is 29.1 Å². The summed E-state index contributed by atoms with van der Waals surface area (Å²) in [5.74, 6) is 0.416. The van der Waals surface area contributed by atoms with Crippen LogP contribution in [-0.2, 0) is 22.4 Å². The Hall–Kier alpha value is -2.89. The molecule has 0 fully saturated rings. The standard InChI is InChI=1S/C20H14Cl2F3N5O2S/c1-33(31,32)19-29-17(26-11-7-5-10(6-8-11)20(23,24)25)16-18(30-19)28-15(27-16)9-12-13(21)3-2-4-14(12)22/h2-8H,9H2,1H3,(H2,26,27,28,29,30). The van der Waals surface area contributed by atoms with Crippen LogP contribution in [-0.4, -0.2) is 34.6 Å². The zero-order chi connectivity index (χ0) is 24.0. The molecule has 2 aromatic carbocycles. The number of imidazole rings is 1. The molecule has 0 saturated carbocycles. The first-order valence-corrected chi connectivity index (χ1v) is 11.9. The van der Waals surface area contributed by atoms with Gasteiger partial charge in [0.2, 0.25) is 9.84 Å². The lowest BCUT2D eigenvalue weighted by molar-refractivity contribution is -0.137. The molecule has 0 saturated heterocycles. The van der Waals surface area contributed by atoms with Gasteiger partial charge in [-0.2, -0.15) is 23.1 Å². The van der Waals surface area contributed by atoms with Crippen LogP contribution in [0.5, 0.6) is 0 Å². The Balaban J connectivity index is 1.77. The van der Waals surface area contributed by atoms with Gasteiger partial charge >= 0.3 is 6.18 Å². The van der Waals surface area contributed by atoms with Gasteiger partial charge in [0.05, 0.1) is 5.56 Å². The van der Waals surface area contributed by atoms with Crippen molar-refractivity contribution in [3.8, 4) is 0 Å². The summed E-state index contributed by atoms with van der Waals surface area (Å²) in [6.07, 6.45) is -3.35. The molecule has 13 heteroatoms. The molecule has 4 rings (SSSR count). The average Bonchev–Trinajstić information content (AvgIpc) is 3.13. The Morgan fingerprint density at radius 2 is 1.64 bits per heavy atom. The van der Waals surface area contributed by atoms with Gasteiger partial charge in [-0.15, -0.1) is 0 Å². The minimum Gasteiger partial charge on any atom is -0.338 e. The highest BCUT2D eigenvalue weighted by Crippen LogP contribution is 2.32. The molecule has 0 aliphatic heterocycles. The summed E-state index contributed by atoms with van der Waals surface area (Å²) in [6, 6.07) is 9.25. The maximum Gasteiger partial charge on any atom is 0.416 e. The summed E-state index contributed by atoms with van der Waals surface area (Å²) in [5.41, 5.74) is 0.359. The third-order valence-electron chi connectivity index (χ3n) is 4.59. The van der Waals surface area contributed by atoms with Gasteiger partial charge in [0.25, 0.3) is 5.16 Å². The molecule has 0 amide bonds. The molecule has 0 bridgehead atoms. The molecule has 33 heavy (non-hydrogen) atoms. The van der Waals surface area contributed by atoms with Crippen molar-refractivity contribution < 1.29 is 21.6 Å². The van der Waals surface area contributed by atoms with Crippen LogP contribution in [0, 0.1) is 0 Å². The normalized spacial score (nSPS) is 12.3. The van der Waals surface area contributed by atoms with Crippen LogP contribution in [0.4, 0.5) is 24.7 Å². The van der Waals surface area contributed by atoms with E-state index in [0.717, 1.165) is 18.4 Å². The summed E-state index contributed by atoms with van der Waals surface area (Å²) in [7, 11) is -3.81. The maximum absolute atomic E-state index is 12.8. The number of hydrogen-bond acceptors (Lipinski definition) is 6. The Bertz CT molecular complexity index is 1440. The average molecular weight is 516 g/mol. The summed E-state index contributed by atoms with van der Waals surface area (Å²) >= 11 is 12.4. The fourth-order valence-electron chi connectivity index (χ4n) is 3.01. The lowest BCUT2D eigenvalue weighted by Crippen LogP contribution is -2.07. The first kappa shape index (κ1) is 23.3. The Morgan fingerprint density at radius 1 is 1.00 bits per heavy atom. The second-order valence-electron chi connectivity index (χ2n) is 7.09. The summed E-state index contributed by atoms with van der Waals surface area (Å²) in [5, 5.41) is 3.19. The molecule has 4 aromatic rings. The van der Waals surface area contributed by atoms with Gasteiger partial charge in [-0.3, -0.25) is 0 Å². The number of sulfone groups is 1. The van der Waals surface area contributed by atoms with Crippen LogP contribution >= 0.6 is 23.2 Å². The molecule has 172 valence electrons. The SMILES string of the molecule is CS(=O)(=O)c1nc(Nc2ccc(C(F)(F)F)cc2)c2[nH]c(Cc3c(Cl)cccc3Cl)nc2n1. The molecule has 0 aliphatic rings. The number of hydrogen-bond donors (Lipinski definition) is 2. The van der Waals surface area contributed by atoms with Crippen LogP contribution < -0.4 is 5.32 Å². The van der Waals surface area contributed by atoms with Gasteiger partial charge in [0.15, 0.2) is 11.5 Å². The number of H-pyrrole nitrogens is 1. The highest BCUT2D eigenvalue weighted by atomic mass is 35.5. The van der Waals surface area contributed by atoms with Crippen molar-refractivity contribution in [2.75, 3.05) is 11.6 Å². The van der Waals surface area contributed by atoms with Crippen LogP contribution in [0.3, 0.4) is 0 Å². The molecule has 2 aromatic heterocycles. The molecule has 0 unspecified atom stereocenters. The minimum atomic E-state index is -4.48. The smallest absolute Gasteiger partial charge is 0.338 e. The quantitative estimate of drug-likeness (QED) is 0.344. The maximum atomic E-state index is 12.8. The second-order valence-corrected chi connectivity index (χ2v) is 9.81. The van der Waals surface area contributed by atoms with Crippen molar-refractivity contribution in [2.45, 2.75) is 17.8 Å². The van der Waals surface area contributed by atoms with Gasteiger partial charge in [-0.1, -0.05) is 29.3 Å². The van der Waals surface area contributed by atoms with Crippen molar-refractivity contribution in [1.29, 1.82) is 0 Å². The van der Waals surface area contributed by atoms with Crippen LogP contribution in [0.15, 0.2) is 47.6 Å². The highest BCUT2D eigenvalue weighted by molar-refractivity contribution is 7.90. The fourth-order valence-corrected chi connectivity index (χ4v) is 4.05. The third kappa shape index (κ3) is 5.05. The predicted octanol–water partition coefficient (Wildman–Crippen LogP) is 5.42. The number of aromatic amines is 1. The van der Waals surface area contributed by atoms with Gasteiger partial charge in [-0.05, 0) is 42.0 Å². The Morgan fingerprint density at radius 3 is 2.21 bits per heavy atom. The monoisotopic (exact) mass is 515 g/mol. The van der Waals surface area contributed by atoms with E-state index in [1.165, 1.54) is 12.1 Å². The van der Waals surface area contributed by atoms with E-state index in [4.69, 9.17) is 23.2 Å². The number of rotatable bonds is 5. The number of anilines is 2. The van der Waals surface area contributed by atoms with E-state index in [1.54, 1.807) is 18.2 Å². The number of halogens is 5. The molecule has 0 radical (unpaired) electrons. The molecular formula is C20H14Cl2F3N5O2S. The van der Waals surface area contributed by atoms with Crippen molar-refractivity contribution in [3.05, 3.63) is 69.5 Å². The number of benzene rings is 2. The Kier molecular flexibility index (Phi) is 5.97. The van der Waals surface area contributed by atoms with Gasteiger partial charge < -0.3 is 10.3 Å².